The van der Waals surface area contributed by atoms with Gasteiger partial charge in [0.15, 0.2) is 5.82 Å². The maximum Gasteiger partial charge on any atom is 0.371 e. The highest BCUT2D eigenvalue weighted by molar-refractivity contribution is 5.89. The molecule has 0 saturated carbocycles. The molecular formula is C14H17N3O4. The van der Waals surface area contributed by atoms with Gasteiger partial charge in [0.2, 0.25) is 11.5 Å². The third-order valence-corrected chi connectivity index (χ3v) is 3.44. The van der Waals surface area contributed by atoms with Gasteiger partial charge in [0.1, 0.15) is 5.52 Å². The molecule has 0 aliphatic carbocycles. The number of furan rings is 1. The molecule has 7 heteroatoms. The standard InChI is InChI=1S/C14H17N3O4/c1-8(2)11-12(17-3-5-20-6-4-17)16-13-9(15-11)7-10(21-13)14(18)19/h7-8H,3-6H2,1-2H3,(H,18,19). The van der Waals surface area contributed by atoms with Crippen LogP contribution >= 0.6 is 0 Å². The molecule has 3 rings (SSSR count). The van der Waals surface area contributed by atoms with Crippen molar-refractivity contribution in [2.75, 3.05) is 31.2 Å². The normalized spacial score (nSPS) is 15.9. The molecule has 0 spiro atoms. The molecule has 2 aromatic heterocycles. The second-order valence-corrected chi connectivity index (χ2v) is 5.29. The highest BCUT2D eigenvalue weighted by atomic mass is 16.5. The van der Waals surface area contributed by atoms with Gasteiger partial charge in [0, 0.05) is 19.2 Å². The van der Waals surface area contributed by atoms with Crippen molar-refractivity contribution >= 4 is 23.0 Å². The van der Waals surface area contributed by atoms with Gasteiger partial charge in [0.05, 0.1) is 18.9 Å². The van der Waals surface area contributed by atoms with Crippen LogP contribution in [0.3, 0.4) is 0 Å². The Morgan fingerprint density at radius 3 is 2.67 bits per heavy atom. The van der Waals surface area contributed by atoms with Crippen LogP contribution in [0.2, 0.25) is 0 Å². The van der Waals surface area contributed by atoms with E-state index in [1.807, 2.05) is 13.8 Å². The van der Waals surface area contributed by atoms with Gasteiger partial charge in [-0.1, -0.05) is 13.8 Å². The summed E-state index contributed by atoms with van der Waals surface area (Å²) in [4.78, 5) is 22.2. The Morgan fingerprint density at radius 1 is 1.33 bits per heavy atom. The zero-order valence-electron chi connectivity index (χ0n) is 12.0. The SMILES string of the molecule is CC(C)c1nc2cc(C(=O)O)oc2nc1N1CCOCC1. The van der Waals surface area contributed by atoms with Crippen LogP contribution in [0.15, 0.2) is 10.5 Å². The van der Waals surface area contributed by atoms with Gasteiger partial charge >= 0.3 is 5.97 Å². The lowest BCUT2D eigenvalue weighted by Gasteiger charge is -2.29. The average Bonchev–Trinajstić information content (AvgIpc) is 2.90. The molecule has 1 fully saturated rings. The van der Waals surface area contributed by atoms with E-state index >= 15 is 0 Å². The first-order chi connectivity index (χ1) is 10.1. The molecule has 3 heterocycles. The second-order valence-electron chi connectivity index (χ2n) is 5.29. The van der Waals surface area contributed by atoms with Crippen molar-refractivity contribution < 1.29 is 19.1 Å². The number of morpholine rings is 1. The van der Waals surface area contributed by atoms with Gasteiger partial charge in [-0.3, -0.25) is 0 Å². The Balaban J connectivity index is 2.11. The minimum atomic E-state index is -1.12. The third-order valence-electron chi connectivity index (χ3n) is 3.44. The molecule has 0 unspecified atom stereocenters. The predicted molar refractivity (Wildman–Crippen MR) is 75.9 cm³/mol. The molecule has 0 amide bonds. The van der Waals surface area contributed by atoms with Gasteiger partial charge in [0.25, 0.3) is 0 Å². The second kappa shape index (κ2) is 5.33. The first kappa shape index (κ1) is 13.8. The number of aromatic nitrogens is 2. The Morgan fingerprint density at radius 2 is 2.05 bits per heavy atom. The van der Waals surface area contributed by atoms with Crippen molar-refractivity contribution in [1.29, 1.82) is 0 Å². The summed E-state index contributed by atoms with van der Waals surface area (Å²) in [5.41, 5.74) is 1.59. The van der Waals surface area contributed by atoms with Crippen molar-refractivity contribution in [3.8, 4) is 0 Å². The zero-order valence-corrected chi connectivity index (χ0v) is 12.0. The smallest absolute Gasteiger partial charge is 0.371 e. The van der Waals surface area contributed by atoms with Crippen LogP contribution in [-0.2, 0) is 4.74 Å². The first-order valence-electron chi connectivity index (χ1n) is 6.93. The van der Waals surface area contributed by atoms with E-state index in [0.717, 1.165) is 24.6 Å². The van der Waals surface area contributed by atoms with Crippen LogP contribution in [0, 0.1) is 0 Å². The summed E-state index contributed by atoms with van der Waals surface area (Å²) < 4.78 is 10.6. The lowest BCUT2D eigenvalue weighted by Crippen LogP contribution is -2.37. The zero-order chi connectivity index (χ0) is 15.0. The number of ether oxygens (including phenoxy) is 1. The van der Waals surface area contributed by atoms with Gasteiger partial charge in [-0.15, -0.1) is 0 Å². The Hall–Kier alpha value is -2.15. The van der Waals surface area contributed by atoms with Crippen molar-refractivity contribution in [2.24, 2.45) is 0 Å². The first-order valence-corrected chi connectivity index (χ1v) is 6.93. The summed E-state index contributed by atoms with van der Waals surface area (Å²) in [6.07, 6.45) is 0. The van der Waals surface area contributed by atoms with Gasteiger partial charge < -0.3 is 19.2 Å². The van der Waals surface area contributed by atoms with Crippen LogP contribution in [0.25, 0.3) is 11.2 Å². The van der Waals surface area contributed by atoms with Crippen molar-refractivity contribution in [2.45, 2.75) is 19.8 Å². The van der Waals surface area contributed by atoms with Gasteiger partial charge in [-0.2, -0.15) is 4.98 Å². The molecule has 1 aliphatic rings. The van der Waals surface area contributed by atoms with Crippen molar-refractivity contribution in [3.63, 3.8) is 0 Å². The number of carboxylic acids is 1. The molecule has 1 saturated heterocycles. The van der Waals surface area contributed by atoms with E-state index in [9.17, 15) is 4.79 Å². The number of aromatic carboxylic acids is 1. The molecule has 0 aromatic carbocycles. The van der Waals surface area contributed by atoms with Crippen LogP contribution in [0.5, 0.6) is 0 Å². The van der Waals surface area contributed by atoms with Crippen molar-refractivity contribution in [3.05, 3.63) is 17.5 Å². The number of hydrogen-bond acceptors (Lipinski definition) is 6. The number of hydrogen-bond donors (Lipinski definition) is 1. The quantitative estimate of drug-likeness (QED) is 0.923. The average molecular weight is 291 g/mol. The minimum Gasteiger partial charge on any atom is -0.475 e. The fourth-order valence-corrected chi connectivity index (χ4v) is 2.37. The van der Waals surface area contributed by atoms with E-state index in [0.29, 0.717) is 18.7 Å². The summed E-state index contributed by atoms with van der Waals surface area (Å²) in [6, 6.07) is 1.42. The lowest BCUT2D eigenvalue weighted by atomic mass is 10.1. The molecule has 21 heavy (non-hydrogen) atoms. The Labute approximate surface area is 121 Å². The highest BCUT2D eigenvalue weighted by Crippen LogP contribution is 2.28. The number of rotatable bonds is 3. The summed E-state index contributed by atoms with van der Waals surface area (Å²) in [5.74, 6) is -0.317. The topological polar surface area (TPSA) is 88.7 Å². The summed E-state index contributed by atoms with van der Waals surface area (Å²) in [5, 5.41) is 9.01. The summed E-state index contributed by atoms with van der Waals surface area (Å²) in [6.45, 7) is 6.86. The van der Waals surface area contributed by atoms with Crippen LogP contribution < -0.4 is 4.90 Å². The van der Waals surface area contributed by atoms with E-state index in [1.54, 1.807) is 0 Å². The largest absolute Gasteiger partial charge is 0.475 e. The van der Waals surface area contributed by atoms with Crippen molar-refractivity contribution in [1.82, 2.24) is 9.97 Å². The number of fused-ring (bicyclic) bond motifs is 1. The van der Waals surface area contributed by atoms with Crippen LogP contribution in [0.1, 0.15) is 36.0 Å². The third kappa shape index (κ3) is 2.56. The molecule has 0 radical (unpaired) electrons. The summed E-state index contributed by atoms with van der Waals surface area (Å²) >= 11 is 0. The Kier molecular flexibility index (Phi) is 3.50. The number of anilines is 1. The van der Waals surface area contributed by atoms with Gasteiger partial charge in [-0.05, 0) is 5.92 Å². The maximum absolute atomic E-state index is 11.0. The predicted octanol–water partition coefficient (Wildman–Crippen LogP) is 1.88. The highest BCUT2D eigenvalue weighted by Gasteiger charge is 2.22. The minimum absolute atomic E-state index is 0.140. The fourth-order valence-electron chi connectivity index (χ4n) is 2.37. The van der Waals surface area contributed by atoms with E-state index in [2.05, 4.69) is 14.9 Å². The molecule has 1 aliphatic heterocycles. The maximum atomic E-state index is 11.0. The van der Waals surface area contributed by atoms with Crippen LogP contribution in [-0.4, -0.2) is 47.3 Å². The molecule has 0 bridgehead atoms. The molecular weight excluding hydrogens is 274 g/mol. The van der Waals surface area contributed by atoms with Gasteiger partial charge in [-0.25, -0.2) is 9.78 Å². The molecule has 1 N–H and O–H groups in total. The van der Waals surface area contributed by atoms with E-state index in [4.69, 9.17) is 14.3 Å². The number of carboxylic acid groups (broad SMARTS) is 1. The molecule has 0 atom stereocenters. The van der Waals surface area contributed by atoms with E-state index < -0.39 is 5.97 Å². The fraction of sp³-hybridized carbons (Fsp3) is 0.500. The lowest BCUT2D eigenvalue weighted by molar-refractivity contribution is 0.0664. The molecule has 112 valence electrons. The monoisotopic (exact) mass is 291 g/mol. The van der Waals surface area contributed by atoms with E-state index in [-0.39, 0.29) is 17.4 Å². The molecule has 7 nitrogen and oxygen atoms in total. The summed E-state index contributed by atoms with van der Waals surface area (Å²) in [7, 11) is 0. The van der Waals surface area contributed by atoms with E-state index in [1.165, 1.54) is 6.07 Å². The van der Waals surface area contributed by atoms with Crippen LogP contribution in [0.4, 0.5) is 5.82 Å². The molecule has 2 aromatic rings. The number of nitrogens with zero attached hydrogens (tertiary/aromatic N) is 3. The Bertz CT molecular complexity index is 674. The number of carbonyl (C=O) groups is 1.